The maximum absolute atomic E-state index is 12.8. The molecule has 0 spiro atoms. The minimum atomic E-state index is -0.0953. The van der Waals surface area contributed by atoms with Gasteiger partial charge in [0.05, 0.1) is 17.0 Å². The highest BCUT2D eigenvalue weighted by Gasteiger charge is 2.22. The van der Waals surface area contributed by atoms with E-state index < -0.39 is 0 Å². The number of fused-ring (bicyclic) bond motifs is 1. The van der Waals surface area contributed by atoms with E-state index in [1.165, 1.54) is 5.56 Å². The molecule has 3 heterocycles. The summed E-state index contributed by atoms with van der Waals surface area (Å²) in [6.45, 7) is 4.01. The number of nitrogen functional groups attached to an aromatic ring is 1. The fourth-order valence-corrected chi connectivity index (χ4v) is 3.86. The van der Waals surface area contributed by atoms with Crippen LogP contribution in [0.15, 0.2) is 63.9 Å². The second-order valence-electron chi connectivity index (χ2n) is 7.97. The molecule has 156 valence electrons. The molecule has 0 fully saturated rings. The summed E-state index contributed by atoms with van der Waals surface area (Å²) >= 11 is 0. The highest BCUT2D eigenvalue weighted by atomic mass is 16.5. The number of nitrogens with one attached hydrogen (secondary N) is 1. The van der Waals surface area contributed by atoms with Gasteiger partial charge >= 0.3 is 0 Å². The van der Waals surface area contributed by atoms with Crippen LogP contribution in [0.3, 0.4) is 0 Å². The van der Waals surface area contributed by atoms with Crippen LogP contribution in [0.25, 0.3) is 22.7 Å². The van der Waals surface area contributed by atoms with Gasteiger partial charge in [-0.05, 0) is 31.2 Å². The summed E-state index contributed by atoms with van der Waals surface area (Å²) in [6, 6.07) is 17.5. The number of hydrogen-bond donors (Lipinski definition) is 2. The van der Waals surface area contributed by atoms with Crippen molar-refractivity contribution in [1.82, 2.24) is 20.0 Å². The minimum absolute atomic E-state index is 0.0953. The molecule has 0 atom stereocenters. The first-order chi connectivity index (χ1) is 15.0. The van der Waals surface area contributed by atoms with Crippen LogP contribution < -0.4 is 11.3 Å². The molecule has 31 heavy (non-hydrogen) atoms. The molecule has 7 heteroatoms. The van der Waals surface area contributed by atoms with Crippen molar-refractivity contribution in [3.63, 3.8) is 0 Å². The number of aryl methyl sites for hydroxylation is 1. The second-order valence-corrected chi connectivity index (χ2v) is 7.97. The van der Waals surface area contributed by atoms with Gasteiger partial charge < -0.3 is 15.2 Å². The average Bonchev–Trinajstić information content (AvgIpc) is 3.23. The third kappa shape index (κ3) is 4.00. The molecule has 1 aliphatic heterocycles. The Balaban J connectivity index is 1.32. The highest BCUT2D eigenvalue weighted by Crippen LogP contribution is 2.24. The Kier molecular flexibility index (Phi) is 4.88. The van der Waals surface area contributed by atoms with Gasteiger partial charge in [-0.1, -0.05) is 35.0 Å². The molecule has 2 aromatic heterocycles. The van der Waals surface area contributed by atoms with E-state index >= 15 is 0 Å². The molecule has 7 nitrogen and oxygen atoms in total. The van der Waals surface area contributed by atoms with Crippen LogP contribution in [0.5, 0.6) is 0 Å². The lowest BCUT2D eigenvalue weighted by molar-refractivity contribution is 0.234. The molecule has 0 saturated carbocycles. The molecule has 0 amide bonds. The van der Waals surface area contributed by atoms with Gasteiger partial charge in [-0.3, -0.25) is 9.69 Å². The van der Waals surface area contributed by atoms with Crippen molar-refractivity contribution in [2.75, 3.05) is 12.3 Å². The van der Waals surface area contributed by atoms with Crippen molar-refractivity contribution in [2.45, 2.75) is 26.4 Å². The van der Waals surface area contributed by atoms with Gasteiger partial charge in [-0.15, -0.1) is 0 Å². The van der Waals surface area contributed by atoms with Crippen LogP contribution in [-0.2, 0) is 19.5 Å². The lowest BCUT2D eigenvalue weighted by Gasteiger charge is -2.26. The smallest absolute Gasteiger partial charge is 0.255 e. The van der Waals surface area contributed by atoms with E-state index in [1.54, 1.807) is 12.1 Å². The van der Waals surface area contributed by atoms with E-state index in [0.29, 0.717) is 36.6 Å². The Hall–Kier alpha value is -3.71. The first-order valence-electron chi connectivity index (χ1n) is 10.3. The predicted octanol–water partition coefficient (Wildman–Crippen LogP) is 3.54. The minimum Gasteiger partial charge on any atom is -0.399 e. The van der Waals surface area contributed by atoms with E-state index in [0.717, 1.165) is 34.8 Å². The van der Waals surface area contributed by atoms with E-state index in [4.69, 9.17) is 15.2 Å². The van der Waals surface area contributed by atoms with Gasteiger partial charge in [-0.25, -0.2) is 4.98 Å². The lowest BCUT2D eigenvalue weighted by Crippen LogP contribution is -2.35. The van der Waals surface area contributed by atoms with Crippen molar-refractivity contribution >= 4 is 5.69 Å². The molecule has 0 unspecified atom stereocenters. The number of aromatic amines is 1. The monoisotopic (exact) mass is 413 g/mol. The zero-order valence-corrected chi connectivity index (χ0v) is 17.3. The summed E-state index contributed by atoms with van der Waals surface area (Å²) in [5.74, 6) is 1.33. The summed E-state index contributed by atoms with van der Waals surface area (Å²) < 4.78 is 5.53. The number of hydrogen-bond acceptors (Lipinski definition) is 6. The van der Waals surface area contributed by atoms with Gasteiger partial charge in [0.15, 0.2) is 5.76 Å². The van der Waals surface area contributed by atoms with Gasteiger partial charge in [0.25, 0.3) is 5.56 Å². The van der Waals surface area contributed by atoms with Crippen molar-refractivity contribution in [1.29, 1.82) is 0 Å². The topological polar surface area (TPSA) is 101 Å². The van der Waals surface area contributed by atoms with Gasteiger partial charge in [0.1, 0.15) is 5.82 Å². The Morgan fingerprint density at radius 1 is 1.10 bits per heavy atom. The standard InChI is InChI=1S/C24H23N5O2/c1-15-2-4-16(5-3-15)22-12-19(28-31-22)13-29-11-10-21-20(14-29)24(30)27-23(26-21)17-6-8-18(25)9-7-17/h2-9,12H,10-11,13-14,25H2,1H3,(H,26,27,30). The van der Waals surface area contributed by atoms with Crippen molar-refractivity contribution in [2.24, 2.45) is 0 Å². The maximum atomic E-state index is 12.8. The second kappa shape index (κ2) is 7.85. The molecule has 0 radical (unpaired) electrons. The third-order valence-corrected chi connectivity index (χ3v) is 5.61. The SMILES string of the molecule is Cc1ccc(-c2cc(CN3CCc4nc(-c5ccc(N)cc5)[nH]c(=O)c4C3)no2)cc1. The quantitative estimate of drug-likeness (QED) is 0.496. The van der Waals surface area contributed by atoms with Gasteiger partial charge in [0, 0.05) is 48.9 Å². The molecular weight excluding hydrogens is 390 g/mol. The summed E-state index contributed by atoms with van der Waals surface area (Å²) in [7, 11) is 0. The molecule has 0 aliphatic carbocycles. The lowest BCUT2D eigenvalue weighted by atomic mass is 10.1. The Labute approximate surface area is 179 Å². The Bertz CT molecular complexity index is 1270. The number of rotatable bonds is 4. The van der Waals surface area contributed by atoms with Crippen molar-refractivity contribution in [3.05, 3.63) is 87.5 Å². The normalized spacial score (nSPS) is 13.8. The van der Waals surface area contributed by atoms with E-state index in [-0.39, 0.29) is 5.56 Å². The molecule has 0 bridgehead atoms. The predicted molar refractivity (Wildman–Crippen MR) is 119 cm³/mol. The fourth-order valence-electron chi connectivity index (χ4n) is 3.86. The number of anilines is 1. The fraction of sp³-hybridized carbons (Fsp3) is 0.208. The molecular formula is C24H23N5O2. The van der Waals surface area contributed by atoms with Crippen LogP contribution in [-0.4, -0.2) is 26.6 Å². The number of nitrogens with two attached hydrogens (primary N) is 1. The first-order valence-corrected chi connectivity index (χ1v) is 10.3. The van der Waals surface area contributed by atoms with Crippen LogP contribution >= 0.6 is 0 Å². The van der Waals surface area contributed by atoms with E-state index in [1.807, 2.05) is 30.3 Å². The molecule has 0 saturated heterocycles. The first kappa shape index (κ1) is 19.3. The zero-order valence-electron chi connectivity index (χ0n) is 17.3. The summed E-state index contributed by atoms with van der Waals surface area (Å²) in [6.07, 6.45) is 0.712. The number of H-pyrrole nitrogens is 1. The number of aromatic nitrogens is 3. The van der Waals surface area contributed by atoms with Crippen LogP contribution in [0.4, 0.5) is 5.69 Å². The maximum Gasteiger partial charge on any atom is 0.255 e. The van der Waals surface area contributed by atoms with E-state index in [9.17, 15) is 4.79 Å². The largest absolute Gasteiger partial charge is 0.399 e. The molecule has 4 aromatic rings. The zero-order chi connectivity index (χ0) is 21.4. The summed E-state index contributed by atoms with van der Waals surface area (Å²) in [5, 5.41) is 4.22. The van der Waals surface area contributed by atoms with Crippen molar-refractivity contribution < 1.29 is 4.52 Å². The molecule has 5 rings (SSSR count). The van der Waals surface area contributed by atoms with Gasteiger partial charge in [-0.2, -0.15) is 0 Å². The van der Waals surface area contributed by atoms with Crippen molar-refractivity contribution in [3.8, 4) is 22.7 Å². The Morgan fingerprint density at radius 2 is 1.84 bits per heavy atom. The van der Waals surface area contributed by atoms with E-state index in [2.05, 4.69) is 34.1 Å². The number of nitrogens with zero attached hydrogens (tertiary/aromatic N) is 3. The summed E-state index contributed by atoms with van der Waals surface area (Å²) in [5.41, 5.74) is 11.8. The average molecular weight is 413 g/mol. The van der Waals surface area contributed by atoms with Crippen LogP contribution in [0.2, 0.25) is 0 Å². The highest BCUT2D eigenvalue weighted by molar-refractivity contribution is 5.59. The number of benzene rings is 2. The van der Waals surface area contributed by atoms with Gasteiger partial charge in [0.2, 0.25) is 0 Å². The van der Waals surface area contributed by atoms with Crippen LogP contribution in [0, 0.1) is 6.92 Å². The molecule has 3 N–H and O–H groups in total. The third-order valence-electron chi connectivity index (χ3n) is 5.61. The Morgan fingerprint density at radius 3 is 2.61 bits per heavy atom. The molecule has 2 aromatic carbocycles. The summed E-state index contributed by atoms with van der Waals surface area (Å²) in [4.78, 5) is 22.6. The van der Waals surface area contributed by atoms with Crippen LogP contribution in [0.1, 0.15) is 22.5 Å². The molecule has 1 aliphatic rings.